The number of nitrogens with zero attached hydrogens (tertiary/aromatic N) is 3. The van der Waals surface area contributed by atoms with Gasteiger partial charge in [-0.05, 0) is 53.8 Å². The van der Waals surface area contributed by atoms with E-state index in [1.807, 2.05) is 65.7 Å². The van der Waals surface area contributed by atoms with Crippen molar-refractivity contribution in [2.75, 3.05) is 19.6 Å². The molecule has 5 rings (SSSR count). The highest BCUT2D eigenvalue weighted by atomic mass is 16.5. The van der Waals surface area contributed by atoms with E-state index in [-0.39, 0.29) is 11.9 Å². The standard InChI is InChI=1S/C29H32N4O2/c34-29(31-32-19-9-1-2-10-20-32)33-21-27(24-13-7-4-8-14-24)28(30-33)25-15-17-26(18-16-25)35-22-23-11-5-3-6-12-23/h3-8,11-18,27H,1-2,9-10,19-22H2,(H,31,34). The van der Waals surface area contributed by atoms with Crippen LogP contribution in [0, 0.1) is 0 Å². The highest BCUT2D eigenvalue weighted by molar-refractivity contribution is 6.07. The SMILES string of the molecule is O=C(NN1CCCCCC1)N1CC(c2ccccc2)C(c2ccc(OCc3ccccc3)cc2)=N1. The second-order valence-electron chi connectivity index (χ2n) is 9.15. The molecule has 2 amide bonds. The molecule has 6 heteroatoms. The van der Waals surface area contributed by atoms with Gasteiger partial charge in [0.15, 0.2) is 0 Å². The third-order valence-electron chi connectivity index (χ3n) is 6.61. The molecule has 0 bridgehead atoms. The van der Waals surface area contributed by atoms with Crippen LogP contribution >= 0.6 is 0 Å². The minimum atomic E-state index is -0.161. The Bertz CT molecular complexity index is 1120. The van der Waals surface area contributed by atoms with Crippen LogP contribution in [0.5, 0.6) is 5.75 Å². The number of hydrogen-bond donors (Lipinski definition) is 1. The molecule has 3 aromatic rings. The quantitative estimate of drug-likeness (QED) is 0.515. The number of carbonyl (C=O) groups is 1. The van der Waals surface area contributed by atoms with Crippen LogP contribution in [0.15, 0.2) is 90.0 Å². The topological polar surface area (TPSA) is 57.2 Å². The molecule has 35 heavy (non-hydrogen) atoms. The lowest BCUT2D eigenvalue weighted by atomic mass is 9.90. The zero-order valence-corrected chi connectivity index (χ0v) is 20.0. The number of benzene rings is 3. The van der Waals surface area contributed by atoms with E-state index in [2.05, 4.69) is 29.7 Å². The summed E-state index contributed by atoms with van der Waals surface area (Å²) < 4.78 is 5.96. The summed E-state index contributed by atoms with van der Waals surface area (Å²) in [4.78, 5) is 13.1. The van der Waals surface area contributed by atoms with E-state index in [0.717, 1.165) is 54.1 Å². The Balaban J connectivity index is 1.32. The van der Waals surface area contributed by atoms with Crippen molar-refractivity contribution < 1.29 is 9.53 Å². The lowest BCUT2D eigenvalue weighted by Gasteiger charge is -2.23. The molecular formula is C29H32N4O2. The van der Waals surface area contributed by atoms with E-state index in [4.69, 9.17) is 9.84 Å². The Morgan fingerprint density at radius 3 is 2.20 bits per heavy atom. The number of rotatable bonds is 6. The molecule has 0 aliphatic carbocycles. The monoisotopic (exact) mass is 468 g/mol. The number of hydrazone groups is 1. The first-order chi connectivity index (χ1) is 17.3. The second-order valence-corrected chi connectivity index (χ2v) is 9.15. The van der Waals surface area contributed by atoms with Gasteiger partial charge in [0, 0.05) is 19.0 Å². The molecule has 3 aromatic carbocycles. The minimum Gasteiger partial charge on any atom is -0.489 e. The van der Waals surface area contributed by atoms with Crippen LogP contribution in [0.3, 0.4) is 0 Å². The molecular weight excluding hydrogens is 436 g/mol. The van der Waals surface area contributed by atoms with Gasteiger partial charge in [-0.2, -0.15) is 5.10 Å². The zero-order valence-electron chi connectivity index (χ0n) is 20.0. The van der Waals surface area contributed by atoms with Crippen LogP contribution in [0.1, 0.15) is 48.3 Å². The highest BCUT2D eigenvalue weighted by Gasteiger charge is 2.33. The average Bonchev–Trinajstić information content (AvgIpc) is 3.21. The molecule has 2 aliphatic rings. The minimum absolute atomic E-state index is 0.0159. The highest BCUT2D eigenvalue weighted by Crippen LogP contribution is 2.29. The Hall–Kier alpha value is -3.64. The van der Waals surface area contributed by atoms with Gasteiger partial charge in [0.2, 0.25) is 0 Å². The van der Waals surface area contributed by atoms with Gasteiger partial charge in [-0.15, -0.1) is 0 Å². The van der Waals surface area contributed by atoms with Crippen LogP contribution in [0.25, 0.3) is 0 Å². The summed E-state index contributed by atoms with van der Waals surface area (Å²) in [5.41, 5.74) is 7.26. The van der Waals surface area contributed by atoms with Crippen molar-refractivity contribution in [1.82, 2.24) is 15.4 Å². The zero-order chi connectivity index (χ0) is 23.9. The second kappa shape index (κ2) is 11.2. The number of urea groups is 1. The molecule has 180 valence electrons. The van der Waals surface area contributed by atoms with E-state index in [9.17, 15) is 4.79 Å². The maximum Gasteiger partial charge on any atom is 0.352 e. The Morgan fingerprint density at radius 2 is 1.51 bits per heavy atom. The van der Waals surface area contributed by atoms with Crippen LogP contribution in [0.2, 0.25) is 0 Å². The van der Waals surface area contributed by atoms with Gasteiger partial charge in [0.1, 0.15) is 12.4 Å². The molecule has 0 radical (unpaired) electrons. The predicted molar refractivity (Wildman–Crippen MR) is 138 cm³/mol. The van der Waals surface area contributed by atoms with Gasteiger partial charge >= 0.3 is 6.03 Å². The van der Waals surface area contributed by atoms with Gasteiger partial charge in [-0.25, -0.2) is 14.8 Å². The van der Waals surface area contributed by atoms with Crippen LogP contribution < -0.4 is 10.2 Å². The number of hydrogen-bond acceptors (Lipinski definition) is 4. The van der Waals surface area contributed by atoms with Crippen molar-refractivity contribution >= 4 is 11.7 Å². The molecule has 1 unspecified atom stereocenters. The molecule has 0 saturated carbocycles. The first-order valence-electron chi connectivity index (χ1n) is 12.5. The van der Waals surface area contributed by atoms with E-state index in [1.165, 1.54) is 12.8 Å². The molecule has 1 fully saturated rings. The van der Waals surface area contributed by atoms with Crippen molar-refractivity contribution in [3.8, 4) is 5.75 Å². The Kier molecular flexibility index (Phi) is 7.39. The van der Waals surface area contributed by atoms with Crippen LogP contribution in [0.4, 0.5) is 4.79 Å². The van der Waals surface area contributed by atoms with Crippen molar-refractivity contribution in [2.45, 2.75) is 38.2 Å². The molecule has 1 atom stereocenters. The molecule has 6 nitrogen and oxygen atoms in total. The van der Waals surface area contributed by atoms with Gasteiger partial charge in [-0.3, -0.25) is 5.43 Å². The van der Waals surface area contributed by atoms with Gasteiger partial charge in [0.05, 0.1) is 12.3 Å². The molecule has 0 aromatic heterocycles. The fraction of sp³-hybridized carbons (Fsp3) is 0.310. The summed E-state index contributed by atoms with van der Waals surface area (Å²) in [6.07, 6.45) is 4.67. The number of carbonyl (C=O) groups excluding carboxylic acids is 1. The third-order valence-corrected chi connectivity index (χ3v) is 6.61. The van der Waals surface area contributed by atoms with E-state index >= 15 is 0 Å². The van der Waals surface area contributed by atoms with E-state index in [1.54, 1.807) is 5.01 Å². The van der Waals surface area contributed by atoms with E-state index in [0.29, 0.717) is 13.2 Å². The normalized spacial score (nSPS) is 18.6. The summed E-state index contributed by atoms with van der Waals surface area (Å²) in [6, 6.07) is 28.3. The molecule has 0 spiro atoms. The van der Waals surface area contributed by atoms with Crippen molar-refractivity contribution in [2.24, 2.45) is 5.10 Å². The summed E-state index contributed by atoms with van der Waals surface area (Å²) in [6.45, 7) is 2.83. The summed E-state index contributed by atoms with van der Waals surface area (Å²) in [7, 11) is 0. The molecule has 2 heterocycles. The summed E-state index contributed by atoms with van der Waals surface area (Å²) in [5.74, 6) is 0.824. The first kappa shape index (κ1) is 23.1. The Labute approximate surface area is 207 Å². The molecule has 2 aliphatic heterocycles. The van der Waals surface area contributed by atoms with Crippen LogP contribution in [-0.2, 0) is 6.61 Å². The first-order valence-corrected chi connectivity index (χ1v) is 12.5. The van der Waals surface area contributed by atoms with Gasteiger partial charge in [0.25, 0.3) is 0 Å². The maximum absolute atomic E-state index is 13.1. The smallest absolute Gasteiger partial charge is 0.352 e. The van der Waals surface area contributed by atoms with Crippen molar-refractivity contribution in [3.05, 3.63) is 102 Å². The number of nitrogens with one attached hydrogen (secondary N) is 1. The lowest BCUT2D eigenvalue weighted by molar-refractivity contribution is 0.151. The molecule has 1 N–H and O–H groups in total. The fourth-order valence-electron chi connectivity index (χ4n) is 4.67. The number of ether oxygens (including phenoxy) is 1. The van der Waals surface area contributed by atoms with Crippen molar-refractivity contribution in [1.29, 1.82) is 0 Å². The van der Waals surface area contributed by atoms with E-state index < -0.39 is 0 Å². The summed E-state index contributed by atoms with van der Waals surface area (Å²) in [5, 5.41) is 8.42. The van der Waals surface area contributed by atoms with Crippen LogP contribution in [-0.4, -0.2) is 41.4 Å². The molecule has 1 saturated heterocycles. The predicted octanol–water partition coefficient (Wildman–Crippen LogP) is 5.57. The third kappa shape index (κ3) is 5.89. The fourth-order valence-corrected chi connectivity index (χ4v) is 4.67. The van der Waals surface area contributed by atoms with Crippen molar-refractivity contribution in [3.63, 3.8) is 0 Å². The largest absolute Gasteiger partial charge is 0.489 e. The van der Waals surface area contributed by atoms with Gasteiger partial charge in [-0.1, -0.05) is 73.5 Å². The van der Waals surface area contributed by atoms with Gasteiger partial charge < -0.3 is 4.74 Å². The summed E-state index contributed by atoms with van der Waals surface area (Å²) >= 11 is 0. The number of amides is 2. The lowest BCUT2D eigenvalue weighted by Crippen LogP contribution is -2.47. The maximum atomic E-state index is 13.1. The average molecular weight is 469 g/mol. The number of hydrazine groups is 1. The Morgan fingerprint density at radius 1 is 0.857 bits per heavy atom.